The van der Waals surface area contributed by atoms with Crippen molar-refractivity contribution < 1.29 is 4.74 Å². The Bertz CT molecular complexity index is 117. The second kappa shape index (κ2) is 2.49. The fourth-order valence-corrected chi connectivity index (χ4v) is 1.85. The van der Waals surface area contributed by atoms with Crippen molar-refractivity contribution in [1.29, 1.82) is 0 Å². The number of hydrogen-bond acceptors (Lipinski definition) is 3. The lowest BCUT2D eigenvalue weighted by atomic mass is 10.0. The smallest absolute Gasteiger partial charge is 0.0720 e. The Morgan fingerprint density at radius 1 is 1.50 bits per heavy atom. The third-order valence-electron chi connectivity index (χ3n) is 2.38. The highest BCUT2D eigenvalue weighted by Crippen LogP contribution is 2.25. The number of fused-ring (bicyclic) bond motifs is 2. The van der Waals surface area contributed by atoms with E-state index >= 15 is 0 Å². The van der Waals surface area contributed by atoms with Crippen molar-refractivity contribution >= 4 is 0 Å². The summed E-state index contributed by atoms with van der Waals surface area (Å²) in [5.41, 5.74) is 3.16. The van der Waals surface area contributed by atoms with E-state index in [0.717, 1.165) is 25.6 Å². The van der Waals surface area contributed by atoms with Gasteiger partial charge in [0.2, 0.25) is 0 Å². The number of piperidine rings is 1. The van der Waals surface area contributed by atoms with Crippen molar-refractivity contribution in [3.05, 3.63) is 0 Å². The summed E-state index contributed by atoms with van der Waals surface area (Å²) in [7, 11) is 1.98. The van der Waals surface area contributed by atoms with E-state index in [2.05, 4.69) is 10.4 Å². The summed E-state index contributed by atoms with van der Waals surface area (Å²) in [6, 6.07) is 0. The van der Waals surface area contributed by atoms with Gasteiger partial charge in [0, 0.05) is 13.1 Å². The largest absolute Gasteiger partial charge is 0.376 e. The average molecular weight is 142 g/mol. The van der Waals surface area contributed by atoms with Gasteiger partial charge < -0.3 is 4.74 Å². The molecular formula is C7H14N2O. The van der Waals surface area contributed by atoms with E-state index in [0.29, 0.717) is 6.10 Å². The maximum atomic E-state index is 5.53. The molecule has 0 aromatic carbocycles. The molecule has 2 aliphatic heterocycles. The van der Waals surface area contributed by atoms with Gasteiger partial charge in [0.15, 0.2) is 0 Å². The van der Waals surface area contributed by atoms with Crippen LogP contribution in [0, 0.1) is 5.92 Å². The van der Waals surface area contributed by atoms with E-state index in [1.165, 1.54) is 6.42 Å². The predicted molar refractivity (Wildman–Crippen MR) is 38.5 cm³/mol. The molecule has 0 aliphatic carbocycles. The summed E-state index contributed by atoms with van der Waals surface area (Å²) in [4.78, 5) is 0. The molecule has 0 radical (unpaired) electrons. The minimum absolute atomic E-state index is 0.506. The number of nitrogens with zero attached hydrogens (tertiary/aromatic N) is 1. The van der Waals surface area contributed by atoms with Gasteiger partial charge in [-0.1, -0.05) is 0 Å². The summed E-state index contributed by atoms with van der Waals surface area (Å²) in [5.74, 6) is 0.784. The number of rotatable bonds is 1. The summed E-state index contributed by atoms with van der Waals surface area (Å²) in [6.45, 7) is 3.20. The van der Waals surface area contributed by atoms with Crippen LogP contribution in [0.5, 0.6) is 0 Å². The van der Waals surface area contributed by atoms with Crippen LogP contribution in [0.15, 0.2) is 0 Å². The van der Waals surface area contributed by atoms with Crippen LogP contribution in [0.25, 0.3) is 0 Å². The molecule has 3 heteroatoms. The molecule has 2 atom stereocenters. The second-order valence-electron chi connectivity index (χ2n) is 3.19. The van der Waals surface area contributed by atoms with Gasteiger partial charge >= 0.3 is 0 Å². The molecule has 2 aliphatic rings. The molecule has 0 aromatic heterocycles. The Labute approximate surface area is 61.3 Å². The fourth-order valence-electron chi connectivity index (χ4n) is 1.85. The lowest BCUT2D eigenvalue weighted by Crippen LogP contribution is -2.45. The first-order valence-electron chi connectivity index (χ1n) is 3.92. The van der Waals surface area contributed by atoms with E-state index in [-0.39, 0.29) is 0 Å². The van der Waals surface area contributed by atoms with Crippen LogP contribution in [0.2, 0.25) is 0 Å². The van der Waals surface area contributed by atoms with Crippen LogP contribution < -0.4 is 5.43 Å². The molecule has 3 nitrogen and oxygen atoms in total. The standard InChI is InChI=1S/C7H14N2O/c1-8-9-3-6-2-7(4-9)10-5-6/h6-8H,2-5H2,1H3. The van der Waals surface area contributed by atoms with Gasteiger partial charge in [-0.05, 0) is 19.4 Å². The molecule has 2 heterocycles. The molecule has 0 aromatic rings. The van der Waals surface area contributed by atoms with E-state index < -0.39 is 0 Å². The normalized spacial score (nSPS) is 40.5. The van der Waals surface area contributed by atoms with Crippen LogP contribution in [-0.2, 0) is 4.74 Å². The SMILES string of the molecule is CNN1CC2COC(C2)C1. The first-order valence-corrected chi connectivity index (χ1v) is 3.92. The Hall–Kier alpha value is -0.120. The molecule has 0 spiro atoms. The zero-order valence-corrected chi connectivity index (χ0v) is 6.34. The molecule has 0 saturated carbocycles. The lowest BCUT2D eigenvalue weighted by molar-refractivity contribution is 0.0672. The zero-order chi connectivity index (χ0) is 6.97. The number of hydrazine groups is 1. The van der Waals surface area contributed by atoms with Crippen molar-refractivity contribution in [2.75, 3.05) is 26.7 Å². The number of hydrogen-bond donors (Lipinski definition) is 1. The maximum absolute atomic E-state index is 5.53. The van der Waals surface area contributed by atoms with E-state index in [1.54, 1.807) is 0 Å². The molecule has 2 fully saturated rings. The van der Waals surface area contributed by atoms with Crippen molar-refractivity contribution in [3.63, 3.8) is 0 Å². The summed E-state index contributed by atoms with van der Waals surface area (Å²) < 4.78 is 5.53. The second-order valence-corrected chi connectivity index (χ2v) is 3.19. The zero-order valence-electron chi connectivity index (χ0n) is 6.34. The quantitative estimate of drug-likeness (QED) is 0.550. The monoisotopic (exact) mass is 142 g/mol. The number of ether oxygens (including phenoxy) is 1. The molecule has 0 amide bonds. The third-order valence-corrected chi connectivity index (χ3v) is 2.38. The predicted octanol–water partition coefficient (Wildman–Crippen LogP) is -0.159. The van der Waals surface area contributed by atoms with Crippen LogP contribution in [0.1, 0.15) is 6.42 Å². The van der Waals surface area contributed by atoms with Gasteiger partial charge in [-0.15, -0.1) is 0 Å². The molecule has 10 heavy (non-hydrogen) atoms. The molecule has 2 saturated heterocycles. The first kappa shape index (κ1) is 6.58. The first-order chi connectivity index (χ1) is 4.88. The van der Waals surface area contributed by atoms with Crippen LogP contribution in [0.4, 0.5) is 0 Å². The van der Waals surface area contributed by atoms with Crippen LogP contribution in [-0.4, -0.2) is 37.9 Å². The summed E-state index contributed by atoms with van der Waals surface area (Å²) in [5, 5.41) is 2.24. The fraction of sp³-hybridized carbons (Fsp3) is 1.00. The van der Waals surface area contributed by atoms with Gasteiger partial charge in [0.25, 0.3) is 0 Å². The minimum atomic E-state index is 0.506. The maximum Gasteiger partial charge on any atom is 0.0720 e. The van der Waals surface area contributed by atoms with Gasteiger partial charge in [0.05, 0.1) is 12.7 Å². The summed E-state index contributed by atoms with van der Waals surface area (Å²) >= 11 is 0. The lowest BCUT2D eigenvalue weighted by Gasteiger charge is -2.28. The molecule has 1 N–H and O–H groups in total. The highest BCUT2D eigenvalue weighted by atomic mass is 16.5. The van der Waals surface area contributed by atoms with E-state index in [9.17, 15) is 0 Å². The van der Waals surface area contributed by atoms with Gasteiger partial charge in [-0.3, -0.25) is 5.43 Å². The van der Waals surface area contributed by atoms with E-state index in [4.69, 9.17) is 4.74 Å². The molecule has 2 rings (SSSR count). The van der Waals surface area contributed by atoms with Crippen molar-refractivity contribution in [2.45, 2.75) is 12.5 Å². The minimum Gasteiger partial charge on any atom is -0.376 e. The summed E-state index contributed by atoms with van der Waals surface area (Å²) in [6.07, 6.45) is 1.78. The van der Waals surface area contributed by atoms with Crippen molar-refractivity contribution in [3.8, 4) is 0 Å². The van der Waals surface area contributed by atoms with Gasteiger partial charge in [0.1, 0.15) is 0 Å². The Kier molecular flexibility index (Phi) is 1.64. The van der Waals surface area contributed by atoms with Crippen LogP contribution >= 0.6 is 0 Å². The molecule has 2 bridgehead atoms. The molecular weight excluding hydrogens is 128 g/mol. The van der Waals surface area contributed by atoms with Crippen LogP contribution in [0.3, 0.4) is 0 Å². The Balaban J connectivity index is 1.96. The average Bonchev–Trinajstić information content (AvgIpc) is 2.30. The third kappa shape index (κ3) is 1.05. The van der Waals surface area contributed by atoms with Gasteiger partial charge in [-0.25, -0.2) is 5.01 Å². The highest BCUT2D eigenvalue weighted by molar-refractivity contribution is 4.82. The molecule has 58 valence electrons. The molecule has 2 unspecified atom stereocenters. The Morgan fingerprint density at radius 2 is 2.40 bits per heavy atom. The Morgan fingerprint density at radius 3 is 3.10 bits per heavy atom. The van der Waals surface area contributed by atoms with E-state index in [1.807, 2.05) is 7.05 Å². The van der Waals surface area contributed by atoms with Crippen molar-refractivity contribution in [1.82, 2.24) is 10.4 Å². The topological polar surface area (TPSA) is 24.5 Å². The van der Waals surface area contributed by atoms with Gasteiger partial charge in [-0.2, -0.15) is 0 Å². The highest BCUT2D eigenvalue weighted by Gasteiger charge is 2.33. The number of nitrogens with one attached hydrogen (secondary N) is 1. The van der Waals surface area contributed by atoms with Crippen molar-refractivity contribution in [2.24, 2.45) is 5.92 Å².